The zero-order chi connectivity index (χ0) is 17.9. The van der Waals surface area contributed by atoms with Crippen LogP contribution in [0.2, 0.25) is 0 Å². The molecule has 2 saturated heterocycles. The van der Waals surface area contributed by atoms with E-state index in [1.54, 1.807) is 4.90 Å². The number of piperidine rings is 1. The highest BCUT2D eigenvalue weighted by molar-refractivity contribution is 6.01. The molecule has 2 rings (SSSR count). The van der Waals surface area contributed by atoms with Gasteiger partial charge >= 0.3 is 12.2 Å². The molecule has 2 fully saturated rings. The zero-order valence-corrected chi connectivity index (χ0v) is 13.6. The van der Waals surface area contributed by atoms with Crippen LogP contribution in [0.4, 0.5) is 18.0 Å². The molecule has 0 aromatic heterocycles. The molecule has 0 atom stereocenters. The first-order chi connectivity index (χ1) is 11.2. The fraction of sp³-hybridized carbons (Fsp3) is 0.800. The molecular weight excluding hydrogens is 327 g/mol. The van der Waals surface area contributed by atoms with E-state index in [4.69, 9.17) is 0 Å². The second kappa shape index (κ2) is 7.40. The minimum Gasteiger partial charge on any atom is -0.343 e. The van der Waals surface area contributed by atoms with Crippen LogP contribution in [0, 0.1) is 5.92 Å². The highest BCUT2D eigenvalue weighted by Gasteiger charge is 2.35. The Labute approximate surface area is 138 Å². The molecule has 0 spiro atoms. The monoisotopic (exact) mass is 349 g/mol. The van der Waals surface area contributed by atoms with Gasteiger partial charge in [0.2, 0.25) is 11.8 Å². The number of urea groups is 1. The number of imide groups is 1. The molecule has 6 nitrogen and oxygen atoms in total. The summed E-state index contributed by atoms with van der Waals surface area (Å²) in [5, 5.41) is 0. The first-order valence-corrected chi connectivity index (χ1v) is 8.07. The van der Waals surface area contributed by atoms with Crippen LogP contribution in [0.3, 0.4) is 0 Å². The summed E-state index contributed by atoms with van der Waals surface area (Å²) in [7, 11) is 1.54. The number of hydrogen-bond acceptors (Lipinski definition) is 3. The lowest BCUT2D eigenvalue weighted by molar-refractivity contribution is -0.149. The molecular formula is C15H22F3N3O3. The lowest BCUT2D eigenvalue weighted by atomic mass is 9.93. The van der Waals surface area contributed by atoms with Crippen LogP contribution < -0.4 is 0 Å². The predicted molar refractivity (Wildman–Crippen MR) is 78.9 cm³/mol. The summed E-state index contributed by atoms with van der Waals surface area (Å²) in [6, 6.07) is -0.361. The number of likely N-dealkylation sites (tertiary alicyclic amines) is 1. The van der Waals surface area contributed by atoms with Crippen molar-refractivity contribution in [2.45, 2.75) is 38.3 Å². The topological polar surface area (TPSA) is 60.9 Å². The maximum atomic E-state index is 12.4. The molecule has 24 heavy (non-hydrogen) atoms. The van der Waals surface area contributed by atoms with E-state index in [0.717, 1.165) is 4.90 Å². The van der Waals surface area contributed by atoms with Gasteiger partial charge in [-0.25, -0.2) is 4.79 Å². The summed E-state index contributed by atoms with van der Waals surface area (Å²) in [5.74, 6) is -0.819. The SMILES string of the molecule is CN1CC(=O)N(CCCC(=O)N2CCC(CC(F)(F)F)CC2)C1=O. The normalized spacial score (nSPS) is 20.2. The van der Waals surface area contributed by atoms with E-state index < -0.39 is 18.5 Å². The molecule has 0 aromatic carbocycles. The Morgan fingerprint density at radius 1 is 1.21 bits per heavy atom. The first-order valence-electron chi connectivity index (χ1n) is 8.07. The van der Waals surface area contributed by atoms with Gasteiger partial charge in [0.05, 0.1) is 0 Å². The highest BCUT2D eigenvalue weighted by atomic mass is 19.4. The number of halogens is 3. The third-order valence-electron chi connectivity index (χ3n) is 4.49. The molecule has 0 N–H and O–H groups in total. The number of carbonyl (C=O) groups excluding carboxylic acids is 3. The fourth-order valence-corrected chi connectivity index (χ4v) is 3.15. The van der Waals surface area contributed by atoms with Crippen molar-refractivity contribution in [1.29, 1.82) is 0 Å². The molecule has 2 aliphatic heterocycles. The Balaban J connectivity index is 1.69. The Hall–Kier alpha value is -1.80. The number of carbonyl (C=O) groups is 3. The van der Waals surface area contributed by atoms with E-state index >= 15 is 0 Å². The van der Waals surface area contributed by atoms with Crippen molar-refractivity contribution in [2.24, 2.45) is 5.92 Å². The molecule has 0 aromatic rings. The van der Waals surface area contributed by atoms with Crippen LogP contribution in [0.15, 0.2) is 0 Å². The number of rotatable bonds is 5. The Kier molecular flexibility index (Phi) is 5.71. The summed E-state index contributed by atoms with van der Waals surface area (Å²) in [5.41, 5.74) is 0. The first kappa shape index (κ1) is 18.5. The molecule has 0 unspecified atom stereocenters. The summed E-state index contributed by atoms with van der Waals surface area (Å²) in [6.07, 6.45) is -3.67. The van der Waals surface area contributed by atoms with Gasteiger partial charge < -0.3 is 9.80 Å². The van der Waals surface area contributed by atoms with Gasteiger partial charge in [-0.1, -0.05) is 0 Å². The molecule has 4 amide bonds. The summed E-state index contributed by atoms with van der Waals surface area (Å²) in [6.45, 7) is 0.922. The average molecular weight is 349 g/mol. The predicted octanol–water partition coefficient (Wildman–Crippen LogP) is 1.85. The van der Waals surface area contributed by atoms with Gasteiger partial charge in [-0.3, -0.25) is 14.5 Å². The zero-order valence-electron chi connectivity index (χ0n) is 13.6. The van der Waals surface area contributed by atoms with Gasteiger partial charge in [0, 0.05) is 39.5 Å². The van der Waals surface area contributed by atoms with E-state index in [1.807, 2.05) is 0 Å². The highest BCUT2D eigenvalue weighted by Crippen LogP contribution is 2.31. The minimum absolute atomic E-state index is 0.0551. The molecule has 2 heterocycles. The van der Waals surface area contributed by atoms with Gasteiger partial charge in [0.25, 0.3) is 0 Å². The number of likely N-dealkylation sites (N-methyl/N-ethyl adjacent to an activating group) is 1. The summed E-state index contributed by atoms with van der Waals surface area (Å²) >= 11 is 0. The third-order valence-corrected chi connectivity index (χ3v) is 4.49. The van der Waals surface area contributed by atoms with E-state index in [2.05, 4.69) is 0 Å². The number of amides is 4. The standard InChI is InChI=1S/C15H22F3N3O3/c1-19-10-13(23)21(14(19)24)6-2-3-12(22)20-7-4-11(5-8-20)9-15(16,17)18/h11H,2-10H2,1H3. The van der Waals surface area contributed by atoms with Crippen molar-refractivity contribution in [3.63, 3.8) is 0 Å². The van der Waals surface area contributed by atoms with Gasteiger partial charge in [-0.15, -0.1) is 0 Å². The van der Waals surface area contributed by atoms with Crippen molar-refractivity contribution >= 4 is 17.8 Å². The van der Waals surface area contributed by atoms with Gasteiger partial charge in [-0.2, -0.15) is 13.2 Å². The van der Waals surface area contributed by atoms with E-state index in [1.165, 1.54) is 11.9 Å². The minimum atomic E-state index is -4.15. The van der Waals surface area contributed by atoms with Crippen LogP contribution >= 0.6 is 0 Å². The molecule has 0 aliphatic carbocycles. The lowest BCUT2D eigenvalue weighted by Gasteiger charge is -2.32. The second-order valence-electron chi connectivity index (χ2n) is 6.43. The Morgan fingerprint density at radius 2 is 1.83 bits per heavy atom. The smallest absolute Gasteiger partial charge is 0.343 e. The maximum absolute atomic E-state index is 12.4. The number of alkyl halides is 3. The van der Waals surface area contributed by atoms with Crippen LogP contribution in [-0.4, -0.2) is 71.9 Å². The average Bonchev–Trinajstić information content (AvgIpc) is 2.72. The van der Waals surface area contributed by atoms with Crippen LogP contribution in [0.5, 0.6) is 0 Å². The number of hydrogen-bond donors (Lipinski definition) is 0. The Morgan fingerprint density at radius 3 is 2.33 bits per heavy atom. The quantitative estimate of drug-likeness (QED) is 0.712. The largest absolute Gasteiger partial charge is 0.389 e. The third kappa shape index (κ3) is 4.85. The fourth-order valence-electron chi connectivity index (χ4n) is 3.15. The Bertz CT molecular complexity index is 502. The molecule has 136 valence electrons. The van der Waals surface area contributed by atoms with E-state index in [0.29, 0.717) is 32.4 Å². The second-order valence-corrected chi connectivity index (χ2v) is 6.43. The van der Waals surface area contributed by atoms with E-state index in [-0.39, 0.29) is 37.4 Å². The van der Waals surface area contributed by atoms with Crippen molar-refractivity contribution < 1.29 is 27.6 Å². The van der Waals surface area contributed by atoms with Crippen LogP contribution in [-0.2, 0) is 9.59 Å². The summed E-state index contributed by atoms with van der Waals surface area (Å²) < 4.78 is 37.1. The van der Waals surface area contributed by atoms with Crippen molar-refractivity contribution in [3.05, 3.63) is 0 Å². The molecule has 0 bridgehead atoms. The van der Waals surface area contributed by atoms with Crippen LogP contribution in [0.1, 0.15) is 32.1 Å². The van der Waals surface area contributed by atoms with E-state index in [9.17, 15) is 27.6 Å². The van der Waals surface area contributed by atoms with Crippen LogP contribution in [0.25, 0.3) is 0 Å². The van der Waals surface area contributed by atoms with Gasteiger partial charge in [0.15, 0.2) is 0 Å². The molecule has 0 radical (unpaired) electrons. The van der Waals surface area contributed by atoms with Crippen molar-refractivity contribution in [1.82, 2.24) is 14.7 Å². The lowest BCUT2D eigenvalue weighted by Crippen LogP contribution is -2.40. The molecule has 0 saturated carbocycles. The number of nitrogens with zero attached hydrogens (tertiary/aromatic N) is 3. The van der Waals surface area contributed by atoms with Gasteiger partial charge in [0.1, 0.15) is 6.54 Å². The molecule has 2 aliphatic rings. The van der Waals surface area contributed by atoms with Gasteiger partial charge in [-0.05, 0) is 25.2 Å². The maximum Gasteiger partial charge on any atom is 0.389 e. The van der Waals surface area contributed by atoms with Crippen molar-refractivity contribution in [3.8, 4) is 0 Å². The van der Waals surface area contributed by atoms with Crippen molar-refractivity contribution in [2.75, 3.05) is 33.2 Å². The molecule has 9 heteroatoms. The summed E-state index contributed by atoms with van der Waals surface area (Å²) in [4.78, 5) is 39.4.